The summed E-state index contributed by atoms with van der Waals surface area (Å²) in [4.78, 5) is 1.82. The maximum Gasteiger partial charge on any atom is 0.142 e. The van der Waals surface area contributed by atoms with Crippen LogP contribution in [0, 0.1) is 22.6 Å². The Hall–Kier alpha value is -1.76. The van der Waals surface area contributed by atoms with Gasteiger partial charge in [-0.1, -0.05) is 0 Å². The SMILES string of the molecule is COc1ccc(F)cc1N(C)CC(C)(C)C#N. The fraction of sp³-hybridized carbons (Fsp3) is 0.462. The molecule has 0 fully saturated rings. The number of nitrogens with zero attached hydrogens (tertiary/aromatic N) is 2. The normalized spacial score (nSPS) is 10.8. The second-order valence-electron chi connectivity index (χ2n) is 4.67. The third-order valence-electron chi connectivity index (χ3n) is 2.49. The van der Waals surface area contributed by atoms with Crippen molar-refractivity contribution in [2.75, 3.05) is 25.6 Å². The van der Waals surface area contributed by atoms with Crippen LogP contribution in [-0.4, -0.2) is 20.7 Å². The summed E-state index contributed by atoms with van der Waals surface area (Å²) in [5.41, 5.74) is 0.155. The number of anilines is 1. The maximum absolute atomic E-state index is 13.2. The number of ether oxygens (including phenoxy) is 1. The van der Waals surface area contributed by atoms with E-state index in [0.717, 1.165) is 0 Å². The van der Waals surface area contributed by atoms with Gasteiger partial charge in [0.05, 0.1) is 24.3 Å². The van der Waals surface area contributed by atoms with Crippen molar-refractivity contribution < 1.29 is 9.13 Å². The van der Waals surface area contributed by atoms with E-state index in [9.17, 15) is 4.39 Å². The summed E-state index contributed by atoms with van der Waals surface area (Å²) >= 11 is 0. The smallest absolute Gasteiger partial charge is 0.142 e. The van der Waals surface area contributed by atoms with Crippen LogP contribution in [0.5, 0.6) is 5.75 Å². The van der Waals surface area contributed by atoms with E-state index in [0.29, 0.717) is 18.0 Å². The van der Waals surface area contributed by atoms with Crippen molar-refractivity contribution in [1.29, 1.82) is 5.26 Å². The molecule has 1 rings (SSSR count). The summed E-state index contributed by atoms with van der Waals surface area (Å²) in [6, 6.07) is 6.56. The number of methoxy groups -OCH3 is 1. The highest BCUT2D eigenvalue weighted by Gasteiger charge is 2.21. The fourth-order valence-corrected chi connectivity index (χ4v) is 1.67. The van der Waals surface area contributed by atoms with Gasteiger partial charge in [-0.15, -0.1) is 0 Å². The molecule has 0 heterocycles. The second kappa shape index (κ2) is 5.05. The Kier molecular flexibility index (Phi) is 3.95. The van der Waals surface area contributed by atoms with Crippen LogP contribution in [0.1, 0.15) is 13.8 Å². The first-order chi connectivity index (χ1) is 7.89. The molecule has 0 saturated carbocycles. The molecule has 0 atom stereocenters. The Morgan fingerprint density at radius 3 is 2.65 bits per heavy atom. The minimum absolute atomic E-state index is 0.317. The fourth-order valence-electron chi connectivity index (χ4n) is 1.67. The zero-order valence-electron chi connectivity index (χ0n) is 10.6. The third kappa shape index (κ3) is 3.35. The highest BCUT2D eigenvalue weighted by molar-refractivity contribution is 5.58. The molecule has 0 spiro atoms. The van der Waals surface area contributed by atoms with Gasteiger partial charge >= 0.3 is 0 Å². The Morgan fingerprint density at radius 2 is 2.12 bits per heavy atom. The lowest BCUT2D eigenvalue weighted by atomic mass is 9.95. The number of benzene rings is 1. The van der Waals surface area contributed by atoms with Gasteiger partial charge in [-0.3, -0.25) is 0 Å². The summed E-state index contributed by atoms with van der Waals surface area (Å²) in [6.07, 6.45) is 0. The topological polar surface area (TPSA) is 36.3 Å². The minimum atomic E-state index is -0.494. The van der Waals surface area contributed by atoms with E-state index >= 15 is 0 Å². The minimum Gasteiger partial charge on any atom is -0.495 e. The summed E-state index contributed by atoms with van der Waals surface area (Å²) in [6.45, 7) is 4.19. The van der Waals surface area contributed by atoms with Crippen molar-refractivity contribution in [3.8, 4) is 11.8 Å². The van der Waals surface area contributed by atoms with E-state index in [2.05, 4.69) is 6.07 Å². The van der Waals surface area contributed by atoms with Crippen molar-refractivity contribution in [2.24, 2.45) is 5.41 Å². The first-order valence-corrected chi connectivity index (χ1v) is 5.35. The zero-order valence-corrected chi connectivity index (χ0v) is 10.6. The first-order valence-electron chi connectivity index (χ1n) is 5.35. The van der Waals surface area contributed by atoms with Crippen LogP contribution in [0.15, 0.2) is 18.2 Å². The number of hydrogen-bond donors (Lipinski definition) is 0. The lowest BCUT2D eigenvalue weighted by Gasteiger charge is -2.27. The van der Waals surface area contributed by atoms with Crippen LogP contribution in [0.2, 0.25) is 0 Å². The van der Waals surface area contributed by atoms with E-state index in [1.165, 1.54) is 12.1 Å². The molecule has 0 aliphatic carbocycles. The Balaban J connectivity index is 3.00. The van der Waals surface area contributed by atoms with Crippen molar-refractivity contribution in [1.82, 2.24) is 0 Å². The maximum atomic E-state index is 13.2. The van der Waals surface area contributed by atoms with Crippen molar-refractivity contribution >= 4 is 5.69 Å². The first kappa shape index (κ1) is 13.3. The summed E-state index contributed by atoms with van der Waals surface area (Å²) < 4.78 is 18.4. The second-order valence-corrected chi connectivity index (χ2v) is 4.67. The molecule has 0 saturated heterocycles. The molecule has 4 heteroatoms. The van der Waals surface area contributed by atoms with Crippen LogP contribution in [0.3, 0.4) is 0 Å². The largest absolute Gasteiger partial charge is 0.495 e. The molecule has 0 amide bonds. The third-order valence-corrected chi connectivity index (χ3v) is 2.49. The molecule has 0 bridgehead atoms. The number of hydrogen-bond acceptors (Lipinski definition) is 3. The van der Waals surface area contributed by atoms with Gasteiger partial charge in [0.2, 0.25) is 0 Å². The lowest BCUT2D eigenvalue weighted by Crippen LogP contribution is -2.30. The van der Waals surface area contributed by atoms with Crippen LogP contribution < -0.4 is 9.64 Å². The van der Waals surface area contributed by atoms with Gasteiger partial charge in [0.25, 0.3) is 0 Å². The molecule has 0 aliphatic rings. The molecule has 0 aromatic heterocycles. The lowest BCUT2D eigenvalue weighted by molar-refractivity contribution is 0.411. The van der Waals surface area contributed by atoms with Gasteiger partial charge in [-0.05, 0) is 26.0 Å². The van der Waals surface area contributed by atoms with Crippen molar-refractivity contribution in [2.45, 2.75) is 13.8 Å². The zero-order chi connectivity index (χ0) is 13.1. The number of halogens is 1. The van der Waals surface area contributed by atoms with Gasteiger partial charge in [0.15, 0.2) is 0 Å². The van der Waals surface area contributed by atoms with Crippen LogP contribution in [0.4, 0.5) is 10.1 Å². The predicted molar refractivity (Wildman–Crippen MR) is 65.6 cm³/mol. The molecule has 17 heavy (non-hydrogen) atoms. The molecule has 0 unspecified atom stereocenters. The standard InChI is InChI=1S/C13H17FN2O/c1-13(2,8-15)9-16(3)11-7-10(14)5-6-12(11)17-4/h5-7H,9H2,1-4H3. The Labute approximate surface area is 101 Å². The van der Waals surface area contributed by atoms with E-state index in [4.69, 9.17) is 10.00 Å². The van der Waals surface area contributed by atoms with Crippen molar-refractivity contribution in [3.05, 3.63) is 24.0 Å². The molecule has 0 N–H and O–H groups in total. The molecular formula is C13H17FN2O. The molecule has 3 nitrogen and oxygen atoms in total. The van der Waals surface area contributed by atoms with E-state index in [1.807, 2.05) is 25.8 Å². The van der Waals surface area contributed by atoms with Gasteiger partial charge in [-0.2, -0.15) is 5.26 Å². The molecule has 92 valence electrons. The highest BCUT2D eigenvalue weighted by Crippen LogP contribution is 2.30. The summed E-state index contributed by atoms with van der Waals surface area (Å²) in [5, 5.41) is 8.99. The van der Waals surface area contributed by atoms with Gasteiger partial charge in [0, 0.05) is 19.7 Å². The Bertz CT molecular complexity index is 438. The molecule has 1 aromatic rings. The quantitative estimate of drug-likeness (QED) is 0.806. The highest BCUT2D eigenvalue weighted by atomic mass is 19.1. The van der Waals surface area contributed by atoms with Crippen molar-refractivity contribution in [3.63, 3.8) is 0 Å². The predicted octanol–water partition coefficient (Wildman–Crippen LogP) is 2.82. The van der Waals surface area contributed by atoms with Gasteiger partial charge < -0.3 is 9.64 Å². The molecule has 1 aromatic carbocycles. The van der Waals surface area contributed by atoms with Crippen LogP contribution in [0.25, 0.3) is 0 Å². The van der Waals surface area contributed by atoms with E-state index < -0.39 is 5.41 Å². The summed E-state index contributed by atoms with van der Waals surface area (Å²) in [7, 11) is 3.36. The Morgan fingerprint density at radius 1 is 1.47 bits per heavy atom. The number of rotatable bonds is 4. The molecular weight excluding hydrogens is 219 g/mol. The summed E-state index contributed by atoms with van der Waals surface area (Å²) in [5.74, 6) is 0.282. The van der Waals surface area contributed by atoms with E-state index in [-0.39, 0.29) is 5.82 Å². The number of nitriles is 1. The van der Waals surface area contributed by atoms with Gasteiger partial charge in [-0.25, -0.2) is 4.39 Å². The molecule has 0 aliphatic heterocycles. The van der Waals surface area contributed by atoms with Crippen LogP contribution >= 0.6 is 0 Å². The van der Waals surface area contributed by atoms with Gasteiger partial charge in [0.1, 0.15) is 11.6 Å². The monoisotopic (exact) mass is 236 g/mol. The molecule has 0 radical (unpaired) electrons. The average Bonchev–Trinajstić information content (AvgIpc) is 2.28. The van der Waals surface area contributed by atoms with Crippen LogP contribution in [-0.2, 0) is 0 Å². The average molecular weight is 236 g/mol. The van der Waals surface area contributed by atoms with E-state index in [1.54, 1.807) is 13.2 Å².